The van der Waals surface area contributed by atoms with E-state index < -0.39 is 0 Å². The predicted octanol–water partition coefficient (Wildman–Crippen LogP) is 2.71. The zero-order valence-corrected chi connectivity index (χ0v) is 12.3. The van der Waals surface area contributed by atoms with Crippen molar-refractivity contribution in [3.05, 3.63) is 29.0 Å². The molecule has 100 valence electrons. The number of rotatable bonds is 5. The van der Waals surface area contributed by atoms with Crippen LogP contribution in [0.1, 0.15) is 19.3 Å². The molecule has 0 radical (unpaired) electrons. The maximum absolute atomic E-state index is 5.65. The van der Waals surface area contributed by atoms with Gasteiger partial charge in [0.15, 0.2) is 0 Å². The van der Waals surface area contributed by atoms with E-state index in [1.165, 1.54) is 18.5 Å². The van der Waals surface area contributed by atoms with Crippen molar-refractivity contribution in [3.63, 3.8) is 0 Å². The van der Waals surface area contributed by atoms with E-state index in [0.29, 0.717) is 6.04 Å². The molecule has 0 aliphatic heterocycles. The van der Waals surface area contributed by atoms with Crippen LogP contribution in [0.5, 0.6) is 0 Å². The summed E-state index contributed by atoms with van der Waals surface area (Å²) < 4.78 is 0.963. The molecule has 5 heteroatoms. The largest absolute Gasteiger partial charge is 0.367 e. The molecular weight excluding hydrogens is 304 g/mol. The van der Waals surface area contributed by atoms with E-state index in [1.54, 1.807) is 0 Å². The molecule has 0 unspecified atom stereocenters. The van der Waals surface area contributed by atoms with Gasteiger partial charge in [0.25, 0.3) is 0 Å². The Hall–Kier alpha value is -1.20. The molecule has 1 aliphatic carbocycles. The first-order valence-electron chi connectivity index (χ1n) is 6.66. The van der Waals surface area contributed by atoms with E-state index >= 15 is 0 Å². The van der Waals surface area contributed by atoms with Crippen molar-refractivity contribution in [2.24, 2.45) is 5.73 Å². The van der Waals surface area contributed by atoms with Crippen molar-refractivity contribution in [2.45, 2.75) is 25.3 Å². The lowest BCUT2D eigenvalue weighted by molar-refractivity contribution is 0.734. The Bertz CT molecular complexity index is 583. The molecule has 2 aromatic heterocycles. The topological polar surface area (TPSA) is 55.0 Å². The molecule has 2 N–H and O–H groups in total. The number of anilines is 1. The fraction of sp³-hybridized carbons (Fsp3) is 0.429. The highest BCUT2D eigenvalue weighted by atomic mass is 79.9. The average molecular weight is 321 g/mol. The van der Waals surface area contributed by atoms with E-state index in [-0.39, 0.29) is 0 Å². The first kappa shape index (κ1) is 12.8. The summed E-state index contributed by atoms with van der Waals surface area (Å²) in [6, 6.07) is 4.74. The van der Waals surface area contributed by atoms with E-state index in [2.05, 4.69) is 36.9 Å². The van der Waals surface area contributed by atoms with Gasteiger partial charge in [-0.25, -0.2) is 0 Å². The normalized spacial score (nSPS) is 14.8. The molecule has 1 saturated carbocycles. The van der Waals surface area contributed by atoms with Crippen LogP contribution < -0.4 is 10.6 Å². The maximum Gasteiger partial charge on any atom is 0.112 e. The van der Waals surface area contributed by atoms with Crippen molar-refractivity contribution in [2.75, 3.05) is 18.0 Å². The minimum atomic E-state index is 0.655. The van der Waals surface area contributed by atoms with Crippen LogP contribution >= 0.6 is 15.9 Å². The number of nitrogens with zero attached hydrogens (tertiary/aromatic N) is 3. The Labute approximate surface area is 121 Å². The highest BCUT2D eigenvalue weighted by Gasteiger charge is 2.30. The van der Waals surface area contributed by atoms with Crippen molar-refractivity contribution in [3.8, 4) is 0 Å². The summed E-state index contributed by atoms with van der Waals surface area (Å²) in [4.78, 5) is 11.4. The number of pyridine rings is 2. The Morgan fingerprint density at radius 1 is 1.37 bits per heavy atom. The number of halogens is 1. The van der Waals surface area contributed by atoms with E-state index in [9.17, 15) is 0 Å². The van der Waals surface area contributed by atoms with Gasteiger partial charge in [0.05, 0.1) is 11.2 Å². The lowest BCUT2D eigenvalue weighted by atomic mass is 10.2. The molecule has 0 bridgehead atoms. The smallest absolute Gasteiger partial charge is 0.112 e. The fourth-order valence-electron chi connectivity index (χ4n) is 2.37. The molecule has 0 atom stereocenters. The lowest BCUT2D eigenvalue weighted by Gasteiger charge is -2.25. The first-order chi connectivity index (χ1) is 9.29. The number of hydrogen-bond donors (Lipinski definition) is 1. The van der Waals surface area contributed by atoms with Gasteiger partial charge in [-0.3, -0.25) is 9.97 Å². The second-order valence-electron chi connectivity index (χ2n) is 4.92. The van der Waals surface area contributed by atoms with E-state index in [4.69, 9.17) is 5.73 Å². The van der Waals surface area contributed by atoms with Gasteiger partial charge in [0.1, 0.15) is 5.52 Å². The Morgan fingerprint density at radius 2 is 2.21 bits per heavy atom. The highest BCUT2D eigenvalue weighted by molar-refractivity contribution is 9.10. The van der Waals surface area contributed by atoms with Gasteiger partial charge in [-0.05, 0) is 53.9 Å². The van der Waals surface area contributed by atoms with E-state index in [1.807, 2.05) is 18.5 Å². The average Bonchev–Trinajstić information content (AvgIpc) is 3.23. The summed E-state index contributed by atoms with van der Waals surface area (Å²) in [6.07, 6.45) is 7.25. The second-order valence-corrected chi connectivity index (χ2v) is 5.83. The summed E-state index contributed by atoms with van der Waals surface area (Å²) in [5.41, 5.74) is 8.75. The summed E-state index contributed by atoms with van der Waals surface area (Å²) in [7, 11) is 0. The Kier molecular flexibility index (Phi) is 3.66. The molecule has 3 rings (SSSR count). The van der Waals surface area contributed by atoms with Crippen LogP contribution in [0.15, 0.2) is 29.0 Å². The number of aromatic nitrogens is 2. The van der Waals surface area contributed by atoms with Gasteiger partial charge in [0.2, 0.25) is 0 Å². The summed E-state index contributed by atoms with van der Waals surface area (Å²) in [5.74, 6) is 0. The molecule has 19 heavy (non-hydrogen) atoms. The minimum Gasteiger partial charge on any atom is -0.367 e. The fourth-order valence-corrected chi connectivity index (χ4v) is 2.69. The number of fused-ring (bicyclic) bond motifs is 1. The number of hydrogen-bond acceptors (Lipinski definition) is 4. The molecule has 4 nitrogen and oxygen atoms in total. The molecule has 2 heterocycles. The van der Waals surface area contributed by atoms with Crippen LogP contribution in [0.25, 0.3) is 11.0 Å². The zero-order chi connectivity index (χ0) is 13.2. The van der Waals surface area contributed by atoms with Gasteiger partial charge < -0.3 is 10.6 Å². The van der Waals surface area contributed by atoms with Crippen LogP contribution in [-0.4, -0.2) is 29.1 Å². The molecule has 0 amide bonds. The molecule has 1 fully saturated rings. The van der Waals surface area contributed by atoms with Gasteiger partial charge in [-0.15, -0.1) is 0 Å². The standard InChI is InChI=1S/C14H17BrN4/c15-10-8-12-14(18-9-10)13(4-6-17-12)19(7-1-5-16)11-2-3-11/h4,6,8-9,11H,1-3,5,7,16H2. The van der Waals surface area contributed by atoms with Gasteiger partial charge in [-0.1, -0.05) is 0 Å². The Balaban J connectivity index is 2.02. The van der Waals surface area contributed by atoms with E-state index in [0.717, 1.165) is 35.0 Å². The summed E-state index contributed by atoms with van der Waals surface area (Å²) in [5, 5.41) is 0. The van der Waals surface area contributed by atoms with Crippen molar-refractivity contribution < 1.29 is 0 Å². The third-order valence-corrected chi connectivity index (χ3v) is 3.86. The number of nitrogens with two attached hydrogens (primary N) is 1. The van der Waals surface area contributed by atoms with Crippen LogP contribution in [0.3, 0.4) is 0 Å². The third-order valence-electron chi connectivity index (χ3n) is 3.42. The molecule has 2 aromatic rings. The maximum atomic E-state index is 5.65. The SMILES string of the molecule is NCCCN(c1ccnc2cc(Br)cnc12)C1CC1. The van der Waals surface area contributed by atoms with Crippen LogP contribution in [0.2, 0.25) is 0 Å². The zero-order valence-electron chi connectivity index (χ0n) is 10.7. The third kappa shape index (κ3) is 2.72. The molecular formula is C14H17BrN4. The lowest BCUT2D eigenvalue weighted by Crippen LogP contribution is -2.28. The molecule has 0 saturated heterocycles. The van der Waals surface area contributed by atoms with Crippen LogP contribution in [0.4, 0.5) is 5.69 Å². The quantitative estimate of drug-likeness (QED) is 0.920. The minimum absolute atomic E-state index is 0.655. The van der Waals surface area contributed by atoms with Gasteiger partial charge in [-0.2, -0.15) is 0 Å². The van der Waals surface area contributed by atoms with Crippen molar-refractivity contribution >= 4 is 32.7 Å². The molecule has 1 aliphatic rings. The molecule has 0 spiro atoms. The second kappa shape index (κ2) is 5.43. The summed E-state index contributed by atoms with van der Waals surface area (Å²) >= 11 is 3.44. The molecule has 0 aromatic carbocycles. The van der Waals surface area contributed by atoms with Crippen molar-refractivity contribution in [1.29, 1.82) is 0 Å². The monoisotopic (exact) mass is 320 g/mol. The Morgan fingerprint density at radius 3 is 2.95 bits per heavy atom. The van der Waals surface area contributed by atoms with Crippen LogP contribution in [0, 0.1) is 0 Å². The van der Waals surface area contributed by atoms with Crippen LogP contribution in [-0.2, 0) is 0 Å². The van der Waals surface area contributed by atoms with Crippen molar-refractivity contribution in [1.82, 2.24) is 9.97 Å². The van der Waals surface area contributed by atoms with Gasteiger partial charge in [0, 0.05) is 29.5 Å². The first-order valence-corrected chi connectivity index (χ1v) is 7.46. The summed E-state index contributed by atoms with van der Waals surface area (Å²) in [6.45, 7) is 1.73. The highest BCUT2D eigenvalue weighted by Crippen LogP contribution is 2.34. The van der Waals surface area contributed by atoms with Gasteiger partial charge >= 0.3 is 0 Å². The predicted molar refractivity (Wildman–Crippen MR) is 81.3 cm³/mol.